The van der Waals surface area contributed by atoms with Crippen LogP contribution in [0.1, 0.15) is 61.8 Å². The molecular weight excluding hydrogens is 594 g/mol. The van der Waals surface area contributed by atoms with Gasteiger partial charge in [-0.05, 0) is 51.0 Å². The Morgan fingerprint density at radius 1 is 0.830 bits per heavy atom. The lowest BCUT2D eigenvalue weighted by Crippen LogP contribution is -2.51. The molecular formula is C37H43N5O5. The molecule has 10 heteroatoms. The molecule has 246 valence electrons. The van der Waals surface area contributed by atoms with Gasteiger partial charge in [0.2, 0.25) is 5.91 Å². The Kier molecular flexibility index (Phi) is 10.4. The van der Waals surface area contributed by atoms with Crippen LogP contribution in [-0.4, -0.2) is 70.6 Å². The van der Waals surface area contributed by atoms with Crippen LogP contribution >= 0.6 is 0 Å². The van der Waals surface area contributed by atoms with Crippen molar-refractivity contribution >= 4 is 28.7 Å². The summed E-state index contributed by atoms with van der Waals surface area (Å²) in [6.45, 7) is 9.41. The van der Waals surface area contributed by atoms with E-state index in [0.29, 0.717) is 66.9 Å². The predicted molar refractivity (Wildman–Crippen MR) is 183 cm³/mol. The molecule has 3 amide bonds. The summed E-state index contributed by atoms with van der Waals surface area (Å²) in [6, 6.07) is 26.3. The highest BCUT2D eigenvalue weighted by molar-refractivity contribution is 6.08. The number of hydrogen-bond donors (Lipinski definition) is 2. The number of piperazine rings is 1. The van der Waals surface area contributed by atoms with Crippen molar-refractivity contribution in [3.8, 4) is 5.69 Å². The molecule has 1 aromatic heterocycles. The van der Waals surface area contributed by atoms with Crippen molar-refractivity contribution in [2.24, 2.45) is 0 Å². The zero-order valence-corrected chi connectivity index (χ0v) is 27.5. The molecule has 0 aliphatic carbocycles. The Balaban J connectivity index is 1.45. The SMILES string of the molecule is CCC(NC(=O)c1c(CN2CCN(C(=O)CNC(=O)OC(C)(C)C)CC2)n(-c2ccccc2)c(=O)c2ccccc12)c1ccccc1. The maximum Gasteiger partial charge on any atom is 0.408 e. The average Bonchev–Trinajstić information content (AvgIpc) is 3.06. The van der Waals surface area contributed by atoms with Gasteiger partial charge in [-0.15, -0.1) is 0 Å². The van der Waals surface area contributed by atoms with Crippen molar-refractivity contribution < 1.29 is 19.1 Å². The van der Waals surface area contributed by atoms with Crippen LogP contribution in [0.4, 0.5) is 4.79 Å². The van der Waals surface area contributed by atoms with Crippen molar-refractivity contribution in [2.75, 3.05) is 32.7 Å². The lowest BCUT2D eigenvalue weighted by molar-refractivity contribution is -0.132. The highest BCUT2D eigenvalue weighted by atomic mass is 16.6. The molecule has 0 saturated carbocycles. The second-order valence-electron chi connectivity index (χ2n) is 12.7. The smallest absolute Gasteiger partial charge is 0.408 e. The first-order valence-corrected chi connectivity index (χ1v) is 16.1. The summed E-state index contributed by atoms with van der Waals surface area (Å²) in [6.07, 6.45) is 0.0585. The Labute approximate surface area is 275 Å². The van der Waals surface area contributed by atoms with Crippen molar-refractivity contribution in [1.82, 2.24) is 25.0 Å². The van der Waals surface area contributed by atoms with E-state index in [2.05, 4.69) is 15.5 Å². The molecule has 2 N–H and O–H groups in total. The number of rotatable bonds is 9. The van der Waals surface area contributed by atoms with Crippen LogP contribution in [0.5, 0.6) is 0 Å². The summed E-state index contributed by atoms with van der Waals surface area (Å²) in [5.41, 5.74) is 1.87. The summed E-state index contributed by atoms with van der Waals surface area (Å²) in [7, 11) is 0. The third-order valence-electron chi connectivity index (χ3n) is 8.23. The Morgan fingerprint density at radius 2 is 1.43 bits per heavy atom. The highest BCUT2D eigenvalue weighted by Crippen LogP contribution is 2.26. The molecule has 0 spiro atoms. The first-order valence-electron chi connectivity index (χ1n) is 16.1. The molecule has 0 bridgehead atoms. The van der Waals surface area contributed by atoms with Crippen LogP contribution in [0.25, 0.3) is 16.5 Å². The molecule has 1 atom stereocenters. The van der Waals surface area contributed by atoms with Crippen LogP contribution in [0.2, 0.25) is 0 Å². The van der Waals surface area contributed by atoms with Gasteiger partial charge in [-0.2, -0.15) is 0 Å². The van der Waals surface area contributed by atoms with Gasteiger partial charge in [-0.3, -0.25) is 23.9 Å². The predicted octanol–water partition coefficient (Wildman–Crippen LogP) is 5.04. The number of ether oxygens (including phenoxy) is 1. The quantitative estimate of drug-likeness (QED) is 0.266. The molecule has 1 aliphatic heterocycles. The van der Waals surface area contributed by atoms with Gasteiger partial charge in [-0.25, -0.2) is 4.79 Å². The van der Waals surface area contributed by atoms with E-state index in [4.69, 9.17) is 4.74 Å². The molecule has 4 aromatic rings. The first-order chi connectivity index (χ1) is 22.6. The molecule has 1 aliphatic rings. The molecule has 2 heterocycles. The van der Waals surface area contributed by atoms with E-state index >= 15 is 0 Å². The fraction of sp³-hybridized carbons (Fsp3) is 0.351. The summed E-state index contributed by atoms with van der Waals surface area (Å²) >= 11 is 0. The highest BCUT2D eigenvalue weighted by Gasteiger charge is 2.28. The zero-order valence-electron chi connectivity index (χ0n) is 27.5. The van der Waals surface area contributed by atoms with Crippen LogP contribution in [0, 0.1) is 0 Å². The number of nitrogens with zero attached hydrogens (tertiary/aromatic N) is 3. The largest absolute Gasteiger partial charge is 0.444 e. The minimum atomic E-state index is -0.656. The Hall–Kier alpha value is -4.96. The van der Waals surface area contributed by atoms with E-state index in [0.717, 1.165) is 5.56 Å². The second kappa shape index (κ2) is 14.6. The van der Waals surface area contributed by atoms with Crippen LogP contribution in [0.15, 0.2) is 89.7 Å². The van der Waals surface area contributed by atoms with Crippen LogP contribution < -0.4 is 16.2 Å². The number of hydrogen-bond acceptors (Lipinski definition) is 6. The van der Waals surface area contributed by atoms with Gasteiger partial charge in [-0.1, -0.05) is 73.7 Å². The maximum absolute atomic E-state index is 14.4. The van der Waals surface area contributed by atoms with E-state index in [-0.39, 0.29) is 30.0 Å². The summed E-state index contributed by atoms with van der Waals surface area (Å²) in [4.78, 5) is 57.3. The number of pyridine rings is 1. The first kappa shape index (κ1) is 33.4. The number of amides is 3. The fourth-order valence-corrected chi connectivity index (χ4v) is 5.93. The minimum Gasteiger partial charge on any atom is -0.444 e. The summed E-state index contributed by atoms with van der Waals surface area (Å²) in [5.74, 6) is -0.451. The number of para-hydroxylation sites is 1. The maximum atomic E-state index is 14.4. The number of carbonyl (C=O) groups excluding carboxylic acids is 3. The summed E-state index contributed by atoms with van der Waals surface area (Å²) in [5, 5.41) is 6.86. The number of aromatic nitrogens is 1. The third-order valence-corrected chi connectivity index (χ3v) is 8.23. The molecule has 1 saturated heterocycles. The van der Waals surface area contributed by atoms with Gasteiger partial charge >= 0.3 is 6.09 Å². The Morgan fingerprint density at radius 3 is 2.04 bits per heavy atom. The van der Waals surface area contributed by atoms with Gasteiger partial charge in [0, 0.05) is 49.2 Å². The van der Waals surface area contributed by atoms with E-state index in [9.17, 15) is 19.2 Å². The number of alkyl carbamates (subject to hydrolysis) is 1. The molecule has 1 unspecified atom stereocenters. The topological polar surface area (TPSA) is 113 Å². The van der Waals surface area contributed by atoms with Crippen molar-refractivity contribution in [3.63, 3.8) is 0 Å². The fourth-order valence-electron chi connectivity index (χ4n) is 5.93. The Bertz CT molecular complexity index is 1770. The molecule has 1 fully saturated rings. The summed E-state index contributed by atoms with van der Waals surface area (Å²) < 4.78 is 6.90. The molecule has 10 nitrogen and oxygen atoms in total. The van der Waals surface area contributed by atoms with Gasteiger partial charge in [0.1, 0.15) is 12.1 Å². The van der Waals surface area contributed by atoms with Crippen molar-refractivity contribution in [3.05, 3.63) is 112 Å². The molecule has 3 aromatic carbocycles. The van der Waals surface area contributed by atoms with Crippen LogP contribution in [0.3, 0.4) is 0 Å². The molecule has 0 radical (unpaired) electrons. The monoisotopic (exact) mass is 637 g/mol. The second-order valence-corrected chi connectivity index (χ2v) is 12.7. The number of nitrogens with one attached hydrogen (secondary N) is 2. The van der Waals surface area contributed by atoms with Gasteiger partial charge in [0.05, 0.1) is 17.3 Å². The molecule has 47 heavy (non-hydrogen) atoms. The van der Waals surface area contributed by atoms with E-state index in [1.54, 1.807) is 36.3 Å². The van der Waals surface area contributed by atoms with Gasteiger partial charge in [0.25, 0.3) is 11.5 Å². The van der Waals surface area contributed by atoms with Gasteiger partial charge < -0.3 is 20.3 Å². The molecule has 5 rings (SSSR count). The van der Waals surface area contributed by atoms with Crippen molar-refractivity contribution in [2.45, 2.75) is 52.3 Å². The number of benzene rings is 3. The van der Waals surface area contributed by atoms with E-state index in [1.165, 1.54) is 0 Å². The zero-order chi connectivity index (χ0) is 33.6. The van der Waals surface area contributed by atoms with E-state index in [1.807, 2.05) is 85.8 Å². The third kappa shape index (κ3) is 8.07. The number of carbonyl (C=O) groups is 3. The lowest BCUT2D eigenvalue weighted by atomic mass is 9.99. The normalized spacial score (nSPS) is 14.4. The lowest BCUT2D eigenvalue weighted by Gasteiger charge is -2.35. The van der Waals surface area contributed by atoms with E-state index < -0.39 is 11.7 Å². The number of fused-ring (bicyclic) bond motifs is 1. The minimum absolute atomic E-state index is 0.155. The van der Waals surface area contributed by atoms with Crippen LogP contribution in [-0.2, 0) is 16.1 Å². The standard InChI is InChI=1S/C37H43N5O5/c1-5-30(26-14-8-6-9-15-26)39-34(44)33-28-18-12-13-19-29(28)35(45)42(27-16-10-7-11-17-27)31(33)25-40-20-22-41(23-21-40)32(43)24-38-36(46)47-37(2,3)4/h6-19,30H,5,20-25H2,1-4H3,(H,38,46)(H,39,44). The van der Waals surface area contributed by atoms with Crippen molar-refractivity contribution in [1.29, 1.82) is 0 Å². The van der Waals surface area contributed by atoms with Gasteiger partial charge in [0.15, 0.2) is 0 Å². The average molecular weight is 638 g/mol.